The number of likely N-dealkylation sites (tertiary alicyclic amines) is 1. The van der Waals surface area contributed by atoms with Gasteiger partial charge in [0.05, 0.1) is 11.6 Å². The van der Waals surface area contributed by atoms with Crippen molar-refractivity contribution in [2.45, 2.75) is 38.6 Å². The van der Waals surface area contributed by atoms with Crippen LogP contribution in [-0.2, 0) is 4.74 Å². The lowest BCUT2D eigenvalue weighted by molar-refractivity contribution is 0.121. The second kappa shape index (κ2) is 11.6. The quantitative estimate of drug-likeness (QED) is 0.513. The maximum atomic E-state index is 5.19. The molecule has 0 amide bonds. The Bertz CT molecular complexity index is 563. The lowest BCUT2D eigenvalue weighted by atomic mass is 9.97. The third-order valence-electron chi connectivity index (χ3n) is 5.82. The molecule has 0 bridgehead atoms. The normalized spacial score (nSPS) is 20.5. The molecule has 2 fully saturated rings. The molecule has 158 valence electrons. The molecule has 28 heavy (non-hydrogen) atoms. The first-order valence-electron chi connectivity index (χ1n) is 10.8. The van der Waals surface area contributed by atoms with Crippen LogP contribution in [-0.4, -0.2) is 76.4 Å². The summed E-state index contributed by atoms with van der Waals surface area (Å²) in [5.41, 5.74) is 0. The van der Waals surface area contributed by atoms with Crippen LogP contribution in [0.25, 0.3) is 0 Å². The van der Waals surface area contributed by atoms with Gasteiger partial charge in [-0.2, -0.15) is 0 Å². The molecule has 2 aliphatic rings. The Morgan fingerprint density at radius 2 is 2.00 bits per heavy atom. The molecule has 7 heteroatoms. The number of rotatable bonds is 8. The fourth-order valence-corrected chi connectivity index (χ4v) is 4.83. The minimum Gasteiger partial charge on any atom is -0.383 e. The van der Waals surface area contributed by atoms with Crippen molar-refractivity contribution >= 4 is 22.3 Å². The number of methoxy groups -OCH3 is 1. The van der Waals surface area contributed by atoms with Crippen molar-refractivity contribution in [3.63, 3.8) is 0 Å². The number of nitrogens with zero attached hydrogens (tertiary/aromatic N) is 3. The van der Waals surface area contributed by atoms with E-state index in [0.717, 1.165) is 45.3 Å². The highest BCUT2D eigenvalue weighted by molar-refractivity contribution is 7.14. The molecule has 3 rings (SSSR count). The van der Waals surface area contributed by atoms with Gasteiger partial charge < -0.3 is 25.2 Å². The van der Waals surface area contributed by atoms with Gasteiger partial charge >= 0.3 is 0 Å². The molecular formula is C21H37N5OS. The highest BCUT2D eigenvalue weighted by Gasteiger charge is 2.22. The number of guanidine groups is 1. The smallest absolute Gasteiger partial charge is 0.191 e. The van der Waals surface area contributed by atoms with Crippen LogP contribution >= 0.6 is 11.3 Å². The Morgan fingerprint density at radius 1 is 1.21 bits per heavy atom. The lowest BCUT2D eigenvalue weighted by Crippen LogP contribution is -2.49. The molecule has 0 aliphatic carbocycles. The van der Waals surface area contributed by atoms with Crippen LogP contribution in [0.1, 0.15) is 32.6 Å². The second-order valence-electron chi connectivity index (χ2n) is 7.85. The Balaban J connectivity index is 1.41. The minimum atomic E-state index is 0.518. The van der Waals surface area contributed by atoms with Crippen molar-refractivity contribution in [1.29, 1.82) is 0 Å². The van der Waals surface area contributed by atoms with Crippen LogP contribution in [0, 0.1) is 5.92 Å². The molecule has 0 spiro atoms. The van der Waals surface area contributed by atoms with Crippen LogP contribution in [0.4, 0.5) is 5.00 Å². The summed E-state index contributed by atoms with van der Waals surface area (Å²) in [4.78, 5) is 9.94. The molecule has 1 aromatic rings. The molecule has 0 saturated carbocycles. The standard InChI is InChI=1S/C21H37N5OS/c1-3-22-21(23-17-18-6-10-25(11-7-18)14-15-27-2)24-19-8-12-26(13-9-19)20-5-4-16-28-20/h4-5,16,18-19H,3,6-15,17H2,1-2H3,(H2,22,23,24). The molecule has 1 aromatic heterocycles. The van der Waals surface area contributed by atoms with E-state index < -0.39 is 0 Å². The molecule has 0 radical (unpaired) electrons. The van der Waals surface area contributed by atoms with E-state index in [4.69, 9.17) is 9.73 Å². The zero-order valence-corrected chi connectivity index (χ0v) is 18.3. The summed E-state index contributed by atoms with van der Waals surface area (Å²) < 4.78 is 5.19. The predicted molar refractivity (Wildman–Crippen MR) is 120 cm³/mol. The van der Waals surface area contributed by atoms with Gasteiger partial charge in [0, 0.05) is 45.9 Å². The van der Waals surface area contributed by atoms with Crippen LogP contribution in [0.15, 0.2) is 22.5 Å². The number of nitrogens with one attached hydrogen (secondary N) is 2. The van der Waals surface area contributed by atoms with Gasteiger partial charge in [-0.3, -0.25) is 4.99 Å². The average Bonchev–Trinajstić information content (AvgIpc) is 3.27. The fraction of sp³-hybridized carbons (Fsp3) is 0.762. The van der Waals surface area contributed by atoms with Gasteiger partial charge in [-0.05, 0) is 69.1 Å². The molecular weight excluding hydrogens is 370 g/mol. The predicted octanol–water partition coefficient (Wildman–Crippen LogP) is 2.63. The van der Waals surface area contributed by atoms with Crippen molar-refractivity contribution in [2.24, 2.45) is 10.9 Å². The number of ether oxygens (including phenoxy) is 1. The van der Waals surface area contributed by atoms with Gasteiger partial charge in [-0.15, -0.1) is 11.3 Å². The topological polar surface area (TPSA) is 52.1 Å². The van der Waals surface area contributed by atoms with Crippen molar-refractivity contribution in [3.8, 4) is 0 Å². The highest BCUT2D eigenvalue weighted by Crippen LogP contribution is 2.24. The Labute approximate surface area is 174 Å². The molecule has 2 saturated heterocycles. The van der Waals surface area contributed by atoms with Crippen molar-refractivity contribution in [2.75, 3.05) is 64.4 Å². The van der Waals surface area contributed by atoms with Gasteiger partial charge in [0.15, 0.2) is 5.96 Å². The second-order valence-corrected chi connectivity index (χ2v) is 8.78. The highest BCUT2D eigenvalue weighted by atomic mass is 32.1. The van der Waals surface area contributed by atoms with E-state index in [1.165, 1.54) is 43.8 Å². The number of hydrogen-bond acceptors (Lipinski definition) is 5. The maximum Gasteiger partial charge on any atom is 0.191 e. The van der Waals surface area contributed by atoms with Gasteiger partial charge in [-0.25, -0.2) is 0 Å². The third kappa shape index (κ3) is 6.64. The summed E-state index contributed by atoms with van der Waals surface area (Å²) >= 11 is 1.84. The van der Waals surface area contributed by atoms with E-state index in [-0.39, 0.29) is 0 Å². The zero-order valence-electron chi connectivity index (χ0n) is 17.5. The summed E-state index contributed by atoms with van der Waals surface area (Å²) in [5.74, 6) is 1.70. The molecule has 3 heterocycles. The first-order chi connectivity index (χ1) is 13.8. The maximum absolute atomic E-state index is 5.19. The molecule has 0 aromatic carbocycles. The summed E-state index contributed by atoms with van der Waals surface area (Å²) in [7, 11) is 1.78. The van der Waals surface area contributed by atoms with Gasteiger partial charge in [0.1, 0.15) is 0 Å². The first kappa shape index (κ1) is 21.4. The van der Waals surface area contributed by atoms with Crippen LogP contribution < -0.4 is 15.5 Å². The van der Waals surface area contributed by atoms with E-state index in [9.17, 15) is 0 Å². The summed E-state index contributed by atoms with van der Waals surface area (Å²) in [6, 6.07) is 4.89. The zero-order chi connectivity index (χ0) is 19.6. The number of anilines is 1. The molecule has 2 aliphatic heterocycles. The number of thiophene rings is 1. The van der Waals surface area contributed by atoms with E-state index in [2.05, 4.69) is 44.9 Å². The number of aliphatic imine (C=N–C) groups is 1. The van der Waals surface area contributed by atoms with E-state index in [1.807, 2.05) is 11.3 Å². The van der Waals surface area contributed by atoms with Crippen molar-refractivity contribution in [1.82, 2.24) is 15.5 Å². The van der Waals surface area contributed by atoms with Crippen LogP contribution in [0.5, 0.6) is 0 Å². The average molecular weight is 408 g/mol. The van der Waals surface area contributed by atoms with Gasteiger partial charge in [0.25, 0.3) is 0 Å². The third-order valence-corrected chi connectivity index (χ3v) is 6.75. The molecule has 6 nitrogen and oxygen atoms in total. The van der Waals surface area contributed by atoms with Crippen LogP contribution in [0.3, 0.4) is 0 Å². The van der Waals surface area contributed by atoms with E-state index in [1.54, 1.807) is 7.11 Å². The molecule has 2 N–H and O–H groups in total. The van der Waals surface area contributed by atoms with E-state index in [0.29, 0.717) is 12.0 Å². The largest absolute Gasteiger partial charge is 0.383 e. The lowest BCUT2D eigenvalue weighted by Gasteiger charge is -2.34. The summed E-state index contributed by atoms with van der Waals surface area (Å²) in [6.07, 6.45) is 4.82. The van der Waals surface area contributed by atoms with Gasteiger partial charge in [-0.1, -0.05) is 0 Å². The Kier molecular flexibility index (Phi) is 8.89. The summed E-state index contributed by atoms with van der Waals surface area (Å²) in [5, 5.41) is 10.7. The number of piperidine rings is 2. The Morgan fingerprint density at radius 3 is 2.64 bits per heavy atom. The SMILES string of the molecule is CCNC(=NCC1CCN(CCOC)CC1)NC1CCN(c2cccs2)CC1. The van der Waals surface area contributed by atoms with Crippen LogP contribution in [0.2, 0.25) is 0 Å². The fourth-order valence-electron chi connectivity index (χ4n) is 4.04. The first-order valence-corrected chi connectivity index (χ1v) is 11.7. The molecule has 0 atom stereocenters. The molecule has 0 unspecified atom stereocenters. The minimum absolute atomic E-state index is 0.518. The number of hydrogen-bond donors (Lipinski definition) is 2. The van der Waals surface area contributed by atoms with Crippen molar-refractivity contribution < 1.29 is 4.74 Å². The van der Waals surface area contributed by atoms with Gasteiger partial charge in [0.2, 0.25) is 0 Å². The Hall–Kier alpha value is -1.31. The monoisotopic (exact) mass is 407 g/mol. The van der Waals surface area contributed by atoms with E-state index >= 15 is 0 Å². The van der Waals surface area contributed by atoms with Crippen molar-refractivity contribution in [3.05, 3.63) is 17.5 Å². The summed E-state index contributed by atoms with van der Waals surface area (Å²) in [6.45, 7) is 10.5.